The number of rotatable bonds is 3. The van der Waals surface area contributed by atoms with Gasteiger partial charge in [0.1, 0.15) is 5.75 Å². The Hall–Kier alpha value is -1.85. The van der Waals surface area contributed by atoms with Crippen LogP contribution in [0.25, 0.3) is 0 Å². The second-order valence-corrected chi connectivity index (χ2v) is 4.89. The van der Waals surface area contributed by atoms with Crippen molar-refractivity contribution in [1.82, 2.24) is 0 Å². The van der Waals surface area contributed by atoms with Gasteiger partial charge in [-0.1, -0.05) is 23.2 Å². The molecule has 1 N–H and O–H groups in total. The monoisotopic (exact) mass is 331 g/mol. The Morgan fingerprint density at radius 2 is 1.81 bits per heavy atom. The second-order valence-electron chi connectivity index (χ2n) is 4.04. The van der Waals surface area contributed by atoms with Gasteiger partial charge in [0.2, 0.25) is 0 Å². The number of methoxy groups -OCH3 is 1. The number of hydrogen-bond donors (Lipinski definition) is 1. The lowest BCUT2D eigenvalue weighted by Gasteiger charge is -2.11. The lowest BCUT2D eigenvalue weighted by atomic mass is 10.2. The zero-order chi connectivity index (χ0) is 15.6. The van der Waals surface area contributed by atoms with Crippen LogP contribution in [0.1, 0.15) is 10.4 Å². The van der Waals surface area contributed by atoms with E-state index in [-0.39, 0.29) is 16.3 Å². The highest BCUT2D eigenvalue weighted by atomic mass is 35.5. The van der Waals surface area contributed by atoms with E-state index in [1.54, 1.807) is 12.1 Å². The SMILES string of the molecule is COc1ccc(Cl)cc1NC(=O)c1cc(F)c(F)cc1Cl. The highest BCUT2D eigenvalue weighted by Gasteiger charge is 2.16. The number of halogens is 4. The molecule has 0 aliphatic rings. The summed E-state index contributed by atoms with van der Waals surface area (Å²) in [6.07, 6.45) is 0. The van der Waals surface area contributed by atoms with Gasteiger partial charge in [0.05, 0.1) is 23.4 Å². The molecule has 0 radical (unpaired) electrons. The molecule has 2 aromatic rings. The van der Waals surface area contributed by atoms with E-state index in [9.17, 15) is 13.6 Å². The lowest BCUT2D eigenvalue weighted by Crippen LogP contribution is -2.14. The molecule has 0 bridgehead atoms. The number of carbonyl (C=O) groups is 1. The largest absolute Gasteiger partial charge is 0.495 e. The summed E-state index contributed by atoms with van der Waals surface area (Å²) in [6, 6.07) is 6.07. The zero-order valence-corrected chi connectivity index (χ0v) is 12.2. The van der Waals surface area contributed by atoms with Crippen LogP contribution in [-0.4, -0.2) is 13.0 Å². The number of hydrogen-bond acceptors (Lipinski definition) is 2. The van der Waals surface area contributed by atoms with Crippen molar-refractivity contribution in [2.45, 2.75) is 0 Å². The average Bonchev–Trinajstić information content (AvgIpc) is 2.43. The molecule has 1 amide bonds. The topological polar surface area (TPSA) is 38.3 Å². The smallest absolute Gasteiger partial charge is 0.257 e. The number of carbonyl (C=O) groups excluding carboxylic acids is 1. The Morgan fingerprint density at radius 1 is 1.14 bits per heavy atom. The molecule has 7 heteroatoms. The van der Waals surface area contributed by atoms with Gasteiger partial charge in [-0.05, 0) is 30.3 Å². The van der Waals surface area contributed by atoms with Crippen molar-refractivity contribution in [3.8, 4) is 5.75 Å². The number of amides is 1. The maximum absolute atomic E-state index is 13.2. The zero-order valence-electron chi connectivity index (χ0n) is 10.7. The fraction of sp³-hybridized carbons (Fsp3) is 0.0714. The fourth-order valence-corrected chi connectivity index (χ4v) is 2.07. The van der Waals surface area contributed by atoms with Crippen LogP contribution in [-0.2, 0) is 0 Å². The molecular weight excluding hydrogens is 323 g/mol. The van der Waals surface area contributed by atoms with Crippen molar-refractivity contribution in [2.24, 2.45) is 0 Å². The fourth-order valence-electron chi connectivity index (χ4n) is 1.66. The van der Waals surface area contributed by atoms with E-state index in [1.807, 2.05) is 0 Å². The number of ether oxygens (including phenoxy) is 1. The molecular formula is C14H9Cl2F2NO2. The van der Waals surface area contributed by atoms with Gasteiger partial charge < -0.3 is 10.1 Å². The summed E-state index contributed by atoms with van der Waals surface area (Å²) in [5.41, 5.74) is 0.0911. The van der Waals surface area contributed by atoms with Crippen LogP contribution in [0, 0.1) is 11.6 Å². The van der Waals surface area contributed by atoms with Crippen LogP contribution in [0.5, 0.6) is 5.75 Å². The van der Waals surface area contributed by atoms with Gasteiger partial charge in [0.15, 0.2) is 11.6 Å². The molecule has 0 saturated heterocycles. The molecule has 0 heterocycles. The Labute approximate surface area is 129 Å². The minimum atomic E-state index is -1.16. The minimum Gasteiger partial charge on any atom is -0.495 e. The van der Waals surface area contributed by atoms with Crippen LogP contribution < -0.4 is 10.1 Å². The number of anilines is 1. The van der Waals surface area contributed by atoms with E-state index in [0.717, 1.165) is 12.1 Å². The molecule has 2 aromatic carbocycles. The Kier molecular flexibility index (Phi) is 4.65. The predicted molar refractivity (Wildman–Crippen MR) is 77.3 cm³/mol. The van der Waals surface area contributed by atoms with Crippen molar-refractivity contribution >= 4 is 34.8 Å². The van der Waals surface area contributed by atoms with Crippen molar-refractivity contribution in [2.75, 3.05) is 12.4 Å². The molecule has 0 aliphatic heterocycles. The summed E-state index contributed by atoms with van der Waals surface area (Å²) >= 11 is 11.6. The van der Waals surface area contributed by atoms with Gasteiger partial charge in [-0.25, -0.2) is 8.78 Å². The standard InChI is InChI=1S/C14H9Cl2F2NO2/c1-21-13-3-2-7(15)4-12(13)19-14(20)8-5-10(17)11(18)6-9(8)16/h2-6H,1H3,(H,19,20). The third-order valence-corrected chi connectivity index (χ3v) is 3.21. The summed E-state index contributed by atoms with van der Waals surface area (Å²) in [4.78, 5) is 12.1. The van der Waals surface area contributed by atoms with E-state index < -0.39 is 17.5 Å². The molecule has 2 rings (SSSR count). The highest BCUT2D eigenvalue weighted by Crippen LogP contribution is 2.29. The second kappa shape index (κ2) is 6.28. The summed E-state index contributed by atoms with van der Waals surface area (Å²) in [6.45, 7) is 0. The summed E-state index contributed by atoms with van der Waals surface area (Å²) in [7, 11) is 1.42. The van der Waals surface area contributed by atoms with Crippen LogP contribution in [0.3, 0.4) is 0 Å². The van der Waals surface area contributed by atoms with Crippen molar-refractivity contribution < 1.29 is 18.3 Å². The molecule has 3 nitrogen and oxygen atoms in total. The average molecular weight is 332 g/mol. The normalized spacial score (nSPS) is 10.3. The first-order valence-electron chi connectivity index (χ1n) is 5.72. The van der Waals surface area contributed by atoms with E-state index in [2.05, 4.69) is 5.32 Å². The summed E-state index contributed by atoms with van der Waals surface area (Å²) < 4.78 is 31.3. The molecule has 0 saturated carbocycles. The predicted octanol–water partition coefficient (Wildman–Crippen LogP) is 4.53. The quantitative estimate of drug-likeness (QED) is 0.839. The first kappa shape index (κ1) is 15.5. The van der Waals surface area contributed by atoms with Crippen molar-refractivity contribution in [1.29, 1.82) is 0 Å². The van der Waals surface area contributed by atoms with Gasteiger partial charge in [-0.3, -0.25) is 4.79 Å². The van der Waals surface area contributed by atoms with E-state index >= 15 is 0 Å². The molecule has 0 aliphatic carbocycles. The van der Waals surface area contributed by atoms with E-state index in [4.69, 9.17) is 27.9 Å². The molecule has 110 valence electrons. The van der Waals surface area contributed by atoms with Crippen LogP contribution in [0.15, 0.2) is 30.3 Å². The minimum absolute atomic E-state index is 0.197. The molecule has 21 heavy (non-hydrogen) atoms. The lowest BCUT2D eigenvalue weighted by molar-refractivity contribution is 0.102. The first-order valence-corrected chi connectivity index (χ1v) is 6.47. The third kappa shape index (κ3) is 3.43. The summed E-state index contributed by atoms with van der Waals surface area (Å²) in [5.74, 6) is -2.63. The van der Waals surface area contributed by atoms with Crippen LogP contribution in [0.4, 0.5) is 14.5 Å². The third-order valence-electron chi connectivity index (χ3n) is 2.66. The molecule has 0 fully saturated rings. The van der Waals surface area contributed by atoms with Crippen molar-refractivity contribution in [3.05, 3.63) is 57.6 Å². The van der Waals surface area contributed by atoms with Crippen LogP contribution >= 0.6 is 23.2 Å². The van der Waals surface area contributed by atoms with Crippen LogP contribution in [0.2, 0.25) is 10.0 Å². The van der Waals surface area contributed by atoms with Gasteiger partial charge in [0, 0.05) is 5.02 Å². The molecule has 0 atom stereocenters. The number of nitrogens with one attached hydrogen (secondary N) is 1. The summed E-state index contributed by atoms with van der Waals surface area (Å²) in [5, 5.41) is 2.66. The first-order chi connectivity index (χ1) is 9.92. The number of benzene rings is 2. The van der Waals surface area contributed by atoms with Gasteiger partial charge in [0.25, 0.3) is 5.91 Å². The molecule has 0 aromatic heterocycles. The van der Waals surface area contributed by atoms with Gasteiger partial charge >= 0.3 is 0 Å². The Balaban J connectivity index is 2.34. The van der Waals surface area contributed by atoms with Gasteiger partial charge in [-0.2, -0.15) is 0 Å². The van der Waals surface area contributed by atoms with E-state index in [1.165, 1.54) is 13.2 Å². The highest BCUT2D eigenvalue weighted by molar-refractivity contribution is 6.34. The Bertz CT molecular complexity index is 708. The Morgan fingerprint density at radius 3 is 2.48 bits per heavy atom. The molecule has 0 unspecified atom stereocenters. The van der Waals surface area contributed by atoms with Gasteiger partial charge in [-0.15, -0.1) is 0 Å². The van der Waals surface area contributed by atoms with E-state index in [0.29, 0.717) is 10.8 Å². The maximum Gasteiger partial charge on any atom is 0.257 e. The molecule has 0 spiro atoms. The maximum atomic E-state index is 13.2. The van der Waals surface area contributed by atoms with Crippen molar-refractivity contribution in [3.63, 3.8) is 0 Å².